The number of hydrogen-bond acceptors (Lipinski definition) is 2. The summed E-state index contributed by atoms with van der Waals surface area (Å²) in [6.07, 6.45) is 9.72. The van der Waals surface area contributed by atoms with Gasteiger partial charge < -0.3 is 0 Å². The van der Waals surface area contributed by atoms with Crippen LogP contribution < -0.4 is 0 Å². The molecule has 0 aliphatic rings. The quantitative estimate of drug-likeness (QED) is 0.381. The van der Waals surface area contributed by atoms with Gasteiger partial charge in [-0.15, -0.1) is 0 Å². The maximum absolute atomic E-state index is 13.8. The van der Waals surface area contributed by atoms with Gasteiger partial charge in [-0.1, -0.05) is 63.6 Å². The molecule has 0 fully saturated rings. The van der Waals surface area contributed by atoms with Crippen molar-refractivity contribution in [2.75, 3.05) is 0 Å². The minimum atomic E-state index is -0.236. The summed E-state index contributed by atoms with van der Waals surface area (Å²) in [5.41, 5.74) is 5.57. The fourth-order valence-corrected chi connectivity index (χ4v) is 3.49. The number of nitrogens with zero attached hydrogens (tertiary/aromatic N) is 2. The van der Waals surface area contributed by atoms with Crippen LogP contribution in [0.5, 0.6) is 0 Å². The second-order valence-corrected chi connectivity index (χ2v) is 7.39. The summed E-state index contributed by atoms with van der Waals surface area (Å²) in [5.74, 6) is -0.236. The van der Waals surface area contributed by atoms with Gasteiger partial charge in [-0.25, -0.2) is 14.4 Å². The third-order valence-corrected chi connectivity index (χ3v) is 5.01. The van der Waals surface area contributed by atoms with Gasteiger partial charge in [-0.3, -0.25) is 0 Å². The van der Waals surface area contributed by atoms with Crippen LogP contribution in [0.25, 0.3) is 22.3 Å². The van der Waals surface area contributed by atoms with E-state index in [1.165, 1.54) is 50.2 Å². The molecule has 142 valence electrons. The van der Waals surface area contributed by atoms with E-state index < -0.39 is 0 Å². The molecule has 2 nitrogen and oxygen atoms in total. The molecule has 0 amide bonds. The highest BCUT2D eigenvalue weighted by Crippen LogP contribution is 2.26. The van der Waals surface area contributed by atoms with Crippen molar-refractivity contribution in [2.45, 2.75) is 65.2 Å². The highest BCUT2D eigenvalue weighted by atomic mass is 19.1. The van der Waals surface area contributed by atoms with E-state index in [0.29, 0.717) is 0 Å². The SMILES string of the molecule is CCCCCCCCCc1nc2cc(C)ccc2nc1-c1cccc(F)c1. The van der Waals surface area contributed by atoms with Crippen LogP contribution in [0.2, 0.25) is 0 Å². The van der Waals surface area contributed by atoms with E-state index in [1.54, 1.807) is 12.1 Å². The molecule has 0 saturated heterocycles. The predicted molar refractivity (Wildman–Crippen MR) is 111 cm³/mol. The van der Waals surface area contributed by atoms with E-state index in [2.05, 4.69) is 19.9 Å². The van der Waals surface area contributed by atoms with Gasteiger partial charge in [0.15, 0.2) is 0 Å². The van der Waals surface area contributed by atoms with Crippen molar-refractivity contribution < 1.29 is 4.39 Å². The Morgan fingerprint density at radius 2 is 1.59 bits per heavy atom. The van der Waals surface area contributed by atoms with E-state index in [-0.39, 0.29) is 5.82 Å². The smallest absolute Gasteiger partial charge is 0.123 e. The fraction of sp³-hybridized carbons (Fsp3) is 0.417. The minimum Gasteiger partial charge on any atom is -0.249 e. The van der Waals surface area contributed by atoms with E-state index in [4.69, 9.17) is 9.97 Å². The summed E-state index contributed by atoms with van der Waals surface area (Å²) < 4.78 is 13.8. The zero-order valence-electron chi connectivity index (χ0n) is 16.5. The highest BCUT2D eigenvalue weighted by molar-refractivity contribution is 5.79. The van der Waals surface area contributed by atoms with Gasteiger partial charge in [0.05, 0.1) is 22.4 Å². The lowest BCUT2D eigenvalue weighted by Crippen LogP contribution is -2.00. The zero-order chi connectivity index (χ0) is 19.1. The molecule has 3 heteroatoms. The van der Waals surface area contributed by atoms with Crippen molar-refractivity contribution in [1.29, 1.82) is 0 Å². The highest BCUT2D eigenvalue weighted by Gasteiger charge is 2.12. The van der Waals surface area contributed by atoms with Crippen molar-refractivity contribution in [2.24, 2.45) is 0 Å². The Labute approximate surface area is 161 Å². The normalized spacial score (nSPS) is 11.2. The van der Waals surface area contributed by atoms with Gasteiger partial charge in [0, 0.05) is 5.56 Å². The second kappa shape index (κ2) is 9.59. The summed E-state index contributed by atoms with van der Waals surface area (Å²) in [6, 6.07) is 12.8. The average molecular weight is 365 g/mol. The van der Waals surface area contributed by atoms with Crippen LogP contribution in [0.3, 0.4) is 0 Å². The van der Waals surface area contributed by atoms with Gasteiger partial charge in [-0.05, 0) is 49.6 Å². The fourth-order valence-electron chi connectivity index (χ4n) is 3.49. The first kappa shape index (κ1) is 19.5. The minimum absolute atomic E-state index is 0.236. The number of halogens is 1. The molecule has 0 aliphatic carbocycles. The molecule has 3 aromatic rings. The number of rotatable bonds is 9. The van der Waals surface area contributed by atoms with E-state index in [9.17, 15) is 4.39 Å². The zero-order valence-corrected chi connectivity index (χ0v) is 16.5. The van der Waals surface area contributed by atoms with E-state index >= 15 is 0 Å². The van der Waals surface area contributed by atoms with E-state index in [0.717, 1.165) is 40.8 Å². The van der Waals surface area contributed by atoms with Crippen LogP contribution in [-0.2, 0) is 6.42 Å². The molecule has 27 heavy (non-hydrogen) atoms. The Morgan fingerprint density at radius 1 is 0.815 bits per heavy atom. The van der Waals surface area contributed by atoms with Crippen molar-refractivity contribution >= 4 is 11.0 Å². The second-order valence-electron chi connectivity index (χ2n) is 7.39. The van der Waals surface area contributed by atoms with Crippen LogP contribution in [-0.4, -0.2) is 9.97 Å². The maximum atomic E-state index is 13.8. The molecule has 1 aromatic heterocycles. The van der Waals surface area contributed by atoms with Crippen molar-refractivity contribution in [3.63, 3.8) is 0 Å². The Hall–Kier alpha value is -2.29. The first-order chi connectivity index (χ1) is 13.2. The van der Waals surface area contributed by atoms with Crippen LogP contribution in [0.1, 0.15) is 63.1 Å². The average Bonchev–Trinajstić information content (AvgIpc) is 2.66. The Kier molecular flexibility index (Phi) is 6.92. The van der Waals surface area contributed by atoms with Gasteiger partial charge in [0.1, 0.15) is 5.82 Å². The monoisotopic (exact) mass is 364 g/mol. The molecule has 2 aromatic carbocycles. The van der Waals surface area contributed by atoms with Gasteiger partial charge >= 0.3 is 0 Å². The molecule has 0 atom stereocenters. The summed E-state index contributed by atoms with van der Waals surface area (Å²) in [7, 11) is 0. The summed E-state index contributed by atoms with van der Waals surface area (Å²) in [5, 5.41) is 0. The third-order valence-electron chi connectivity index (χ3n) is 5.01. The van der Waals surface area contributed by atoms with Crippen molar-refractivity contribution in [3.8, 4) is 11.3 Å². The molecule has 1 heterocycles. The lowest BCUT2D eigenvalue weighted by atomic mass is 10.0. The molecular weight excluding hydrogens is 335 g/mol. The summed E-state index contributed by atoms with van der Waals surface area (Å²) in [6.45, 7) is 4.31. The van der Waals surface area contributed by atoms with Crippen molar-refractivity contribution in [1.82, 2.24) is 9.97 Å². The standard InChI is InChI=1S/C24H29FN2/c1-3-4-5-6-7-8-9-13-22-24(19-11-10-12-20(25)17-19)27-21-15-14-18(2)16-23(21)26-22/h10-12,14-17H,3-9,13H2,1-2H3. The lowest BCUT2D eigenvalue weighted by molar-refractivity contribution is 0.587. The first-order valence-corrected chi connectivity index (χ1v) is 10.2. The number of unbranched alkanes of at least 4 members (excludes halogenated alkanes) is 6. The number of aryl methyl sites for hydroxylation is 2. The maximum Gasteiger partial charge on any atom is 0.123 e. The Balaban J connectivity index is 1.81. The van der Waals surface area contributed by atoms with Gasteiger partial charge in [-0.2, -0.15) is 0 Å². The largest absolute Gasteiger partial charge is 0.249 e. The van der Waals surface area contributed by atoms with Gasteiger partial charge in [0.2, 0.25) is 0 Å². The predicted octanol–water partition coefficient (Wildman–Crippen LogP) is 7.04. The van der Waals surface area contributed by atoms with Crippen LogP contribution in [0.4, 0.5) is 4.39 Å². The Morgan fingerprint density at radius 3 is 2.37 bits per heavy atom. The van der Waals surface area contributed by atoms with Gasteiger partial charge in [0.25, 0.3) is 0 Å². The molecular formula is C24H29FN2. The molecule has 0 bridgehead atoms. The van der Waals surface area contributed by atoms with Crippen molar-refractivity contribution in [3.05, 3.63) is 59.5 Å². The summed E-state index contributed by atoms with van der Waals surface area (Å²) in [4.78, 5) is 9.74. The number of benzene rings is 2. The summed E-state index contributed by atoms with van der Waals surface area (Å²) >= 11 is 0. The van der Waals surface area contributed by atoms with Crippen LogP contribution >= 0.6 is 0 Å². The molecule has 0 radical (unpaired) electrons. The first-order valence-electron chi connectivity index (χ1n) is 10.2. The molecule has 0 spiro atoms. The third kappa shape index (κ3) is 5.35. The number of fused-ring (bicyclic) bond motifs is 1. The molecule has 0 unspecified atom stereocenters. The number of hydrogen-bond donors (Lipinski definition) is 0. The van der Waals surface area contributed by atoms with Crippen LogP contribution in [0, 0.1) is 12.7 Å². The molecule has 0 saturated carbocycles. The molecule has 3 rings (SSSR count). The lowest BCUT2D eigenvalue weighted by Gasteiger charge is -2.11. The van der Waals surface area contributed by atoms with E-state index in [1.807, 2.05) is 18.2 Å². The Bertz CT molecular complexity index is 889. The molecule has 0 N–H and O–H groups in total. The molecule has 0 aliphatic heterocycles. The topological polar surface area (TPSA) is 25.8 Å². The number of aromatic nitrogens is 2. The van der Waals surface area contributed by atoms with Crippen LogP contribution in [0.15, 0.2) is 42.5 Å².